The summed E-state index contributed by atoms with van der Waals surface area (Å²) in [6.07, 6.45) is 3.35. The molecule has 10 nitrogen and oxygen atoms in total. The number of nitrogens with one attached hydrogen (secondary N) is 2. The molecule has 2 heterocycles. The van der Waals surface area contributed by atoms with Crippen LogP contribution in [0.4, 0.5) is 20.2 Å². The Bertz CT molecular complexity index is 1710. The van der Waals surface area contributed by atoms with Gasteiger partial charge in [0.2, 0.25) is 10.0 Å². The lowest BCUT2D eigenvalue weighted by molar-refractivity contribution is -0.134. The lowest BCUT2D eigenvalue weighted by atomic mass is 9.77. The molecule has 2 aromatic carbocycles. The monoisotopic (exact) mass is 578 g/mol. The van der Waals surface area contributed by atoms with Crippen molar-refractivity contribution in [1.82, 2.24) is 4.90 Å². The Labute approximate surface area is 223 Å². The number of benzene rings is 2. The van der Waals surface area contributed by atoms with Gasteiger partial charge in [0.1, 0.15) is 27.9 Å². The Kier molecular flexibility index (Phi) is 5.77. The topological polar surface area (TPSA) is 145 Å². The van der Waals surface area contributed by atoms with Gasteiger partial charge in [-0.3, -0.25) is 9.52 Å². The van der Waals surface area contributed by atoms with Crippen LogP contribution in [0.25, 0.3) is 0 Å². The van der Waals surface area contributed by atoms with E-state index in [0.717, 1.165) is 43.7 Å². The van der Waals surface area contributed by atoms with Gasteiger partial charge >= 0.3 is 0 Å². The molecule has 2 unspecified atom stereocenters. The molecule has 14 heteroatoms. The van der Waals surface area contributed by atoms with E-state index in [-0.39, 0.29) is 57.4 Å². The number of hydrogen-bond acceptors (Lipinski definition) is 7. The molecule has 6 rings (SSSR count). The maximum Gasteiger partial charge on any atom is 0.286 e. The van der Waals surface area contributed by atoms with Crippen LogP contribution in [0.3, 0.4) is 0 Å². The molecule has 2 saturated carbocycles. The van der Waals surface area contributed by atoms with Crippen molar-refractivity contribution in [1.29, 1.82) is 0 Å². The minimum atomic E-state index is -4.41. The highest BCUT2D eigenvalue weighted by molar-refractivity contribution is 7.92. The van der Waals surface area contributed by atoms with Gasteiger partial charge in [-0.25, -0.2) is 17.2 Å². The molecule has 2 bridgehead atoms. The summed E-state index contributed by atoms with van der Waals surface area (Å²) in [7, 11) is -8.09. The van der Waals surface area contributed by atoms with E-state index in [0.29, 0.717) is 0 Å². The van der Waals surface area contributed by atoms with Crippen molar-refractivity contribution >= 4 is 43.2 Å². The van der Waals surface area contributed by atoms with E-state index in [1.54, 1.807) is 0 Å². The number of carbonyl (C=O) groups excluding carboxylic acids is 1. The lowest BCUT2D eigenvalue weighted by Gasteiger charge is -2.44. The summed E-state index contributed by atoms with van der Waals surface area (Å²) >= 11 is 0. The third-order valence-corrected chi connectivity index (χ3v) is 9.82. The first-order valence-electron chi connectivity index (χ1n) is 12.2. The zero-order valence-corrected chi connectivity index (χ0v) is 22.2. The number of hydrogen-bond donors (Lipinski definition) is 3. The van der Waals surface area contributed by atoms with Crippen LogP contribution >= 0.6 is 0 Å². The van der Waals surface area contributed by atoms with Crippen LogP contribution < -0.4 is 10.0 Å². The highest BCUT2D eigenvalue weighted by Gasteiger charge is 2.57. The number of nitrogens with zero attached hydrogens (tertiary/aromatic N) is 2. The number of aliphatic hydroxyl groups is 1. The summed E-state index contributed by atoms with van der Waals surface area (Å²) in [5, 5.41) is 14.2. The Morgan fingerprint density at radius 3 is 2.62 bits per heavy atom. The summed E-state index contributed by atoms with van der Waals surface area (Å²) in [6.45, 7) is -0.191. The van der Waals surface area contributed by atoms with Crippen LogP contribution in [0.2, 0.25) is 0 Å². The van der Waals surface area contributed by atoms with E-state index in [1.165, 1.54) is 23.1 Å². The van der Waals surface area contributed by atoms with E-state index in [4.69, 9.17) is 0 Å². The maximum absolute atomic E-state index is 14.6. The molecule has 4 aliphatic rings. The van der Waals surface area contributed by atoms with Crippen molar-refractivity contribution in [3.05, 3.63) is 64.9 Å². The fourth-order valence-corrected chi connectivity index (χ4v) is 8.13. The third kappa shape index (κ3) is 4.35. The van der Waals surface area contributed by atoms with Crippen LogP contribution in [0.1, 0.15) is 24.8 Å². The predicted molar refractivity (Wildman–Crippen MR) is 138 cm³/mol. The first-order chi connectivity index (χ1) is 18.3. The van der Waals surface area contributed by atoms with Gasteiger partial charge in [-0.1, -0.05) is 6.07 Å². The van der Waals surface area contributed by atoms with Crippen molar-refractivity contribution in [3.8, 4) is 0 Å². The maximum atomic E-state index is 14.6. The van der Waals surface area contributed by atoms with Crippen molar-refractivity contribution < 1.29 is 35.5 Å². The zero-order valence-electron chi connectivity index (χ0n) is 20.6. The van der Waals surface area contributed by atoms with Crippen molar-refractivity contribution in [2.24, 2.45) is 22.2 Å². The SMILES string of the molecule is CS(=O)(=O)Nc1ccc2c(c1)S(=O)(=O)N=C(C1=C(O)C3C([C@@H]4CC[C@H]3C4)N(Cc3ccc(F)cc3F)C1=O)N2. The molecule has 2 aliphatic carbocycles. The van der Waals surface area contributed by atoms with E-state index in [9.17, 15) is 35.5 Å². The second-order valence-corrected chi connectivity index (χ2v) is 13.7. The number of sulfonamides is 2. The van der Waals surface area contributed by atoms with E-state index in [2.05, 4.69) is 14.4 Å². The number of amides is 1. The average molecular weight is 579 g/mol. The van der Waals surface area contributed by atoms with Crippen LogP contribution in [0.5, 0.6) is 0 Å². The normalized spacial score (nSPS) is 27.1. The van der Waals surface area contributed by atoms with Gasteiger partial charge in [-0.15, -0.1) is 4.40 Å². The molecule has 206 valence electrons. The Morgan fingerprint density at radius 1 is 1.15 bits per heavy atom. The highest BCUT2D eigenvalue weighted by Crippen LogP contribution is 2.55. The number of anilines is 2. The molecule has 2 aromatic rings. The molecule has 2 fully saturated rings. The fourth-order valence-electron chi connectivity index (χ4n) is 6.43. The second kappa shape index (κ2) is 8.74. The molecule has 4 atom stereocenters. The van der Waals surface area contributed by atoms with Gasteiger partial charge in [0.25, 0.3) is 15.9 Å². The molecule has 39 heavy (non-hydrogen) atoms. The third-order valence-electron chi connectivity index (χ3n) is 7.90. The average Bonchev–Trinajstić information content (AvgIpc) is 3.45. The van der Waals surface area contributed by atoms with E-state index >= 15 is 0 Å². The molecule has 1 amide bonds. The van der Waals surface area contributed by atoms with Crippen LogP contribution in [0.15, 0.2) is 57.0 Å². The van der Waals surface area contributed by atoms with Gasteiger partial charge in [-0.2, -0.15) is 8.42 Å². The molecular formula is C25H24F2N4O6S2. The van der Waals surface area contributed by atoms with Gasteiger partial charge < -0.3 is 15.3 Å². The van der Waals surface area contributed by atoms with E-state index < -0.39 is 49.5 Å². The molecule has 2 aliphatic heterocycles. The van der Waals surface area contributed by atoms with Crippen LogP contribution in [0, 0.1) is 29.4 Å². The molecule has 0 spiro atoms. The number of amidine groups is 1. The largest absolute Gasteiger partial charge is 0.511 e. The van der Waals surface area contributed by atoms with Crippen molar-refractivity contribution in [2.45, 2.75) is 36.7 Å². The summed E-state index contributed by atoms with van der Waals surface area (Å²) < 4.78 is 83.5. The second-order valence-electron chi connectivity index (χ2n) is 10.4. The molecular weight excluding hydrogens is 554 g/mol. The predicted octanol–water partition coefficient (Wildman–Crippen LogP) is 3.12. The summed E-state index contributed by atoms with van der Waals surface area (Å²) in [5.41, 5.74) is -0.181. The first kappa shape index (κ1) is 25.7. The van der Waals surface area contributed by atoms with E-state index in [1.807, 2.05) is 0 Å². The standard InChI is InChI=1S/C25H24F2N4O6S2/c1-38(34,35)29-16-6-7-18-19(10-16)39(36,37)30-24(28-18)21-23(32)20-12-2-3-13(8-12)22(20)31(25(21)33)11-14-4-5-15(26)9-17(14)27/h4-7,9-10,12-13,20,22,29,32H,2-3,8,11H2,1H3,(H,28,30)/t12-,13+,20?,22?/m0/s1. The minimum Gasteiger partial charge on any atom is -0.511 e. The highest BCUT2D eigenvalue weighted by atomic mass is 32.2. The molecule has 3 N–H and O–H groups in total. The molecule has 0 aromatic heterocycles. The molecule has 0 radical (unpaired) electrons. The van der Waals surface area contributed by atoms with Crippen molar-refractivity contribution in [3.63, 3.8) is 0 Å². The Morgan fingerprint density at radius 2 is 1.90 bits per heavy atom. The lowest BCUT2D eigenvalue weighted by Crippen LogP contribution is -2.53. The van der Waals surface area contributed by atoms with Crippen LogP contribution in [-0.4, -0.2) is 50.9 Å². The van der Waals surface area contributed by atoms with Gasteiger partial charge in [-0.05, 0) is 55.4 Å². The summed E-state index contributed by atoms with van der Waals surface area (Å²) in [6, 6.07) is 6.45. The van der Waals surface area contributed by atoms with Gasteiger partial charge in [0.15, 0.2) is 5.84 Å². The Hall–Kier alpha value is -3.52. The number of halogens is 2. The molecule has 0 saturated heterocycles. The smallest absolute Gasteiger partial charge is 0.286 e. The zero-order chi connectivity index (χ0) is 27.9. The number of fused-ring (bicyclic) bond motifs is 6. The summed E-state index contributed by atoms with van der Waals surface area (Å²) in [5.74, 6) is -3.25. The number of aliphatic hydroxyl groups excluding tert-OH is 1. The van der Waals surface area contributed by atoms with Crippen molar-refractivity contribution in [2.75, 3.05) is 16.3 Å². The minimum absolute atomic E-state index is 0.00778. The summed E-state index contributed by atoms with van der Waals surface area (Å²) in [4.78, 5) is 15.0. The van der Waals surface area contributed by atoms with Gasteiger partial charge in [0, 0.05) is 35.8 Å². The number of carbonyl (C=O) groups is 1. The quantitative estimate of drug-likeness (QED) is 0.494. The number of rotatable bonds is 5. The van der Waals surface area contributed by atoms with Gasteiger partial charge in [0.05, 0.1) is 11.9 Å². The first-order valence-corrected chi connectivity index (χ1v) is 15.6. The fraction of sp³-hybridized carbons (Fsp3) is 0.360. The van der Waals surface area contributed by atoms with Crippen LogP contribution in [-0.2, 0) is 31.4 Å². The Balaban J connectivity index is 1.42.